The molecular formula is C17H19BrN2. The summed E-state index contributed by atoms with van der Waals surface area (Å²) in [5, 5.41) is 1.15. The van der Waals surface area contributed by atoms with Crippen LogP contribution in [0.5, 0.6) is 0 Å². The summed E-state index contributed by atoms with van der Waals surface area (Å²) in [7, 11) is 2.09. The van der Waals surface area contributed by atoms with Crippen LogP contribution in [-0.4, -0.2) is 18.6 Å². The van der Waals surface area contributed by atoms with Gasteiger partial charge in [0.1, 0.15) is 0 Å². The molecule has 0 amide bonds. The number of hydrogen-bond acceptors (Lipinski definition) is 2. The molecule has 0 aliphatic heterocycles. The second kappa shape index (κ2) is 6.23. The molecule has 0 saturated carbocycles. The molecule has 0 saturated heterocycles. The van der Waals surface area contributed by atoms with Crippen LogP contribution >= 0.6 is 15.9 Å². The predicted molar refractivity (Wildman–Crippen MR) is 91.3 cm³/mol. The fraction of sp³-hybridized carbons (Fsp3) is 0.235. The summed E-state index contributed by atoms with van der Waals surface area (Å²) in [4.78, 5) is 6.74. The molecule has 0 aliphatic carbocycles. The molecule has 2 rings (SSSR count). The molecule has 0 fully saturated rings. The van der Waals surface area contributed by atoms with Gasteiger partial charge in [-0.2, -0.15) is 0 Å². The molecule has 104 valence electrons. The van der Waals surface area contributed by atoms with E-state index in [0.29, 0.717) is 0 Å². The van der Waals surface area contributed by atoms with Crippen LogP contribution in [0, 0.1) is 0 Å². The maximum absolute atomic E-state index is 4.52. The Hall–Kier alpha value is -1.61. The van der Waals surface area contributed by atoms with Gasteiger partial charge in [0.25, 0.3) is 0 Å². The normalized spacial score (nSPS) is 11.7. The lowest BCUT2D eigenvalue weighted by molar-refractivity contribution is 0.979. The lowest BCUT2D eigenvalue weighted by Gasteiger charge is -2.22. The van der Waals surface area contributed by atoms with Crippen LogP contribution in [0.2, 0.25) is 0 Å². The smallest absolute Gasteiger partial charge is 0.0946 e. The van der Waals surface area contributed by atoms with Crippen molar-refractivity contribution in [2.24, 2.45) is 0 Å². The Morgan fingerprint density at radius 2 is 2.10 bits per heavy atom. The van der Waals surface area contributed by atoms with Gasteiger partial charge in [0.15, 0.2) is 0 Å². The Bertz CT molecular complexity index is 674. The highest BCUT2D eigenvalue weighted by Gasteiger charge is 2.11. The van der Waals surface area contributed by atoms with E-state index in [2.05, 4.69) is 70.6 Å². The summed E-state index contributed by atoms with van der Waals surface area (Å²) in [6.45, 7) is 8.91. The molecule has 2 nitrogen and oxygen atoms in total. The molecule has 0 bridgehead atoms. The molecule has 0 spiro atoms. The van der Waals surface area contributed by atoms with Crippen molar-refractivity contribution in [2.45, 2.75) is 13.8 Å². The van der Waals surface area contributed by atoms with Gasteiger partial charge in [-0.15, -0.1) is 0 Å². The van der Waals surface area contributed by atoms with Crippen LogP contribution in [0.1, 0.15) is 13.8 Å². The number of fused-ring (bicyclic) bond motifs is 1. The molecular weight excluding hydrogens is 312 g/mol. The third kappa shape index (κ3) is 3.28. The average molecular weight is 331 g/mol. The predicted octanol–water partition coefficient (Wildman–Crippen LogP) is 4.96. The highest BCUT2D eigenvalue weighted by Crippen LogP contribution is 2.32. The first-order valence-electron chi connectivity index (χ1n) is 6.56. The Kier molecular flexibility index (Phi) is 4.61. The minimum Gasteiger partial charge on any atom is -0.368 e. The number of benzene rings is 1. The van der Waals surface area contributed by atoms with E-state index in [1.807, 2.05) is 19.2 Å². The van der Waals surface area contributed by atoms with Crippen molar-refractivity contribution >= 4 is 32.5 Å². The van der Waals surface area contributed by atoms with Gasteiger partial charge >= 0.3 is 0 Å². The average Bonchev–Trinajstić information content (AvgIpc) is 2.37. The largest absolute Gasteiger partial charge is 0.368 e. The van der Waals surface area contributed by atoms with Crippen LogP contribution in [0.25, 0.3) is 10.9 Å². The summed E-state index contributed by atoms with van der Waals surface area (Å²) < 4.78 is 1.06. The van der Waals surface area contributed by atoms with Gasteiger partial charge in [0, 0.05) is 29.6 Å². The molecule has 3 heteroatoms. The van der Waals surface area contributed by atoms with E-state index in [1.54, 1.807) is 0 Å². The van der Waals surface area contributed by atoms with Gasteiger partial charge in [0.05, 0.1) is 11.2 Å². The molecule has 0 atom stereocenters. The number of likely N-dealkylation sites (N-methyl/N-ethyl adjacent to an activating group) is 1. The fourth-order valence-corrected chi connectivity index (χ4v) is 3.01. The molecule has 0 unspecified atom stereocenters. The summed E-state index contributed by atoms with van der Waals surface area (Å²) in [6.07, 6.45) is 3.95. The molecule has 0 aliphatic rings. The van der Waals surface area contributed by atoms with Crippen molar-refractivity contribution in [1.29, 1.82) is 0 Å². The third-order valence-corrected chi connectivity index (χ3v) is 3.70. The first-order chi connectivity index (χ1) is 9.49. The van der Waals surface area contributed by atoms with Crippen molar-refractivity contribution in [3.05, 3.63) is 58.7 Å². The first kappa shape index (κ1) is 14.8. The summed E-state index contributed by atoms with van der Waals surface area (Å²) >= 11 is 3.64. The Balaban J connectivity index is 2.41. The van der Waals surface area contributed by atoms with E-state index in [4.69, 9.17) is 0 Å². The number of halogens is 1. The quantitative estimate of drug-likeness (QED) is 0.737. The molecule has 20 heavy (non-hydrogen) atoms. The van der Waals surface area contributed by atoms with Crippen molar-refractivity contribution < 1.29 is 0 Å². The van der Waals surface area contributed by atoms with E-state index in [-0.39, 0.29) is 0 Å². The van der Waals surface area contributed by atoms with E-state index in [0.717, 1.165) is 33.2 Å². The fourth-order valence-electron chi connectivity index (χ4n) is 2.39. The van der Waals surface area contributed by atoms with Crippen LogP contribution < -0.4 is 4.90 Å². The number of pyridine rings is 1. The second-order valence-electron chi connectivity index (χ2n) is 5.16. The zero-order valence-electron chi connectivity index (χ0n) is 12.2. The van der Waals surface area contributed by atoms with Crippen molar-refractivity contribution in [3.63, 3.8) is 0 Å². The zero-order valence-corrected chi connectivity index (χ0v) is 13.7. The van der Waals surface area contributed by atoms with E-state index in [1.165, 1.54) is 5.57 Å². The first-order valence-corrected chi connectivity index (χ1v) is 7.35. The number of aromatic nitrogens is 1. The van der Waals surface area contributed by atoms with Gasteiger partial charge in [-0.3, -0.25) is 4.98 Å². The van der Waals surface area contributed by atoms with Crippen LogP contribution in [0.3, 0.4) is 0 Å². The van der Waals surface area contributed by atoms with Crippen LogP contribution in [0.15, 0.2) is 58.7 Å². The van der Waals surface area contributed by atoms with Gasteiger partial charge in [-0.05, 0) is 41.9 Å². The molecule has 1 aromatic heterocycles. The number of hydrogen-bond donors (Lipinski definition) is 0. The standard InChI is InChI=1S/C17H19BrN2/c1-12(2)10-13(3)11-20(4)17-15(18)8-7-14-6-5-9-19-16(14)17/h5-10H,1,11H2,2-4H3/b13-10+. The molecule has 2 aromatic rings. The maximum Gasteiger partial charge on any atom is 0.0946 e. The Morgan fingerprint density at radius 1 is 1.35 bits per heavy atom. The van der Waals surface area contributed by atoms with Gasteiger partial charge in [-0.1, -0.05) is 35.9 Å². The second-order valence-corrected chi connectivity index (χ2v) is 6.02. The topological polar surface area (TPSA) is 16.1 Å². The van der Waals surface area contributed by atoms with Gasteiger partial charge in [0.2, 0.25) is 0 Å². The number of rotatable bonds is 4. The highest BCUT2D eigenvalue weighted by atomic mass is 79.9. The van der Waals surface area contributed by atoms with Crippen molar-refractivity contribution in [3.8, 4) is 0 Å². The molecule has 1 heterocycles. The van der Waals surface area contributed by atoms with E-state index < -0.39 is 0 Å². The number of anilines is 1. The number of nitrogens with zero attached hydrogens (tertiary/aromatic N) is 2. The SMILES string of the molecule is C=C(C)/C=C(\C)CN(C)c1c(Br)ccc2cccnc12. The Labute approximate surface area is 129 Å². The van der Waals surface area contributed by atoms with E-state index in [9.17, 15) is 0 Å². The summed E-state index contributed by atoms with van der Waals surface area (Å²) in [5.41, 5.74) is 4.50. The van der Waals surface area contributed by atoms with E-state index >= 15 is 0 Å². The molecule has 0 N–H and O–H groups in total. The third-order valence-electron chi connectivity index (χ3n) is 3.06. The van der Waals surface area contributed by atoms with Crippen molar-refractivity contribution in [1.82, 2.24) is 4.98 Å². The zero-order chi connectivity index (χ0) is 14.7. The lowest BCUT2D eigenvalue weighted by Crippen LogP contribution is -2.20. The summed E-state index contributed by atoms with van der Waals surface area (Å²) in [6, 6.07) is 8.21. The van der Waals surface area contributed by atoms with Crippen LogP contribution in [-0.2, 0) is 0 Å². The lowest BCUT2D eigenvalue weighted by atomic mass is 10.1. The number of allylic oxidation sites excluding steroid dienone is 2. The Morgan fingerprint density at radius 3 is 2.80 bits per heavy atom. The van der Waals surface area contributed by atoms with Crippen molar-refractivity contribution in [2.75, 3.05) is 18.5 Å². The minimum absolute atomic E-state index is 0.848. The monoisotopic (exact) mass is 330 g/mol. The van der Waals surface area contributed by atoms with Gasteiger partial charge in [-0.25, -0.2) is 0 Å². The highest BCUT2D eigenvalue weighted by molar-refractivity contribution is 9.10. The minimum atomic E-state index is 0.848. The van der Waals surface area contributed by atoms with Gasteiger partial charge < -0.3 is 4.90 Å². The van der Waals surface area contributed by atoms with Crippen LogP contribution in [0.4, 0.5) is 5.69 Å². The molecule has 1 aromatic carbocycles. The molecule has 0 radical (unpaired) electrons. The maximum atomic E-state index is 4.52. The summed E-state index contributed by atoms with van der Waals surface area (Å²) in [5.74, 6) is 0.